The van der Waals surface area contributed by atoms with Gasteiger partial charge in [0.25, 0.3) is 5.91 Å². The third kappa shape index (κ3) is 3.21. The van der Waals surface area contributed by atoms with Crippen LogP contribution < -0.4 is 5.32 Å². The molecule has 1 amide bonds. The minimum absolute atomic E-state index is 0.233. The maximum absolute atomic E-state index is 12.5. The standard InChI is InChI=1S/C20H20BrN3O2/c1-12-19(21)13(2)24(23-12)11-17-8-9-18(26-17)20(25)22-16-7-6-14-4-3-5-15(14)10-16/h6-10H,3-5,11H2,1-2H3,(H,22,25). The number of hydrogen-bond donors (Lipinski definition) is 1. The van der Waals surface area contributed by atoms with Crippen molar-refractivity contribution in [3.05, 3.63) is 68.8 Å². The normalized spacial score (nSPS) is 13.0. The first-order valence-electron chi connectivity index (χ1n) is 8.72. The second-order valence-corrected chi connectivity index (χ2v) is 7.49. The van der Waals surface area contributed by atoms with Gasteiger partial charge in [-0.05, 0) is 84.4 Å². The fraction of sp³-hybridized carbons (Fsp3) is 0.300. The van der Waals surface area contributed by atoms with Crippen LogP contribution in [0.1, 0.15) is 45.3 Å². The molecule has 2 aromatic heterocycles. The second kappa shape index (κ2) is 6.76. The predicted molar refractivity (Wildman–Crippen MR) is 104 cm³/mol. The van der Waals surface area contributed by atoms with Crippen molar-refractivity contribution in [2.45, 2.75) is 39.7 Å². The van der Waals surface area contributed by atoms with Gasteiger partial charge in [0, 0.05) is 5.69 Å². The first-order chi connectivity index (χ1) is 12.5. The van der Waals surface area contributed by atoms with E-state index < -0.39 is 0 Å². The topological polar surface area (TPSA) is 60.1 Å². The summed E-state index contributed by atoms with van der Waals surface area (Å²) >= 11 is 3.52. The number of amides is 1. The number of anilines is 1. The molecular weight excluding hydrogens is 394 g/mol. The van der Waals surface area contributed by atoms with Crippen molar-refractivity contribution < 1.29 is 9.21 Å². The number of aryl methyl sites for hydroxylation is 3. The van der Waals surface area contributed by atoms with Crippen LogP contribution in [-0.2, 0) is 19.4 Å². The highest BCUT2D eigenvalue weighted by atomic mass is 79.9. The lowest BCUT2D eigenvalue weighted by atomic mass is 10.1. The third-order valence-electron chi connectivity index (χ3n) is 4.84. The van der Waals surface area contributed by atoms with Crippen molar-refractivity contribution in [3.8, 4) is 0 Å². The number of furan rings is 1. The molecule has 3 aromatic rings. The predicted octanol–water partition coefficient (Wildman–Crippen LogP) is 4.64. The molecule has 1 aliphatic rings. The third-order valence-corrected chi connectivity index (χ3v) is 5.99. The van der Waals surface area contributed by atoms with Crippen LogP contribution in [0.15, 0.2) is 39.2 Å². The SMILES string of the molecule is Cc1nn(Cc2ccc(C(=O)Nc3ccc4c(c3)CCC4)o2)c(C)c1Br. The monoisotopic (exact) mass is 413 g/mol. The van der Waals surface area contributed by atoms with Gasteiger partial charge < -0.3 is 9.73 Å². The summed E-state index contributed by atoms with van der Waals surface area (Å²) < 4.78 is 8.59. The van der Waals surface area contributed by atoms with Crippen molar-refractivity contribution in [2.75, 3.05) is 5.32 Å². The first kappa shape index (κ1) is 17.1. The summed E-state index contributed by atoms with van der Waals surface area (Å²) in [6.07, 6.45) is 3.41. The highest BCUT2D eigenvalue weighted by Crippen LogP contribution is 2.25. The average Bonchev–Trinajstić information content (AvgIpc) is 3.32. The molecule has 0 aliphatic heterocycles. The average molecular weight is 414 g/mol. The molecular formula is C20H20BrN3O2. The van der Waals surface area contributed by atoms with Gasteiger partial charge in [-0.2, -0.15) is 5.10 Å². The van der Waals surface area contributed by atoms with E-state index in [4.69, 9.17) is 4.42 Å². The van der Waals surface area contributed by atoms with E-state index in [2.05, 4.69) is 38.5 Å². The van der Waals surface area contributed by atoms with Crippen molar-refractivity contribution in [1.82, 2.24) is 9.78 Å². The van der Waals surface area contributed by atoms with Gasteiger partial charge in [0.05, 0.1) is 22.4 Å². The van der Waals surface area contributed by atoms with Crippen molar-refractivity contribution in [2.24, 2.45) is 0 Å². The summed E-state index contributed by atoms with van der Waals surface area (Å²) in [5.41, 5.74) is 5.50. The van der Waals surface area contributed by atoms with E-state index in [0.717, 1.165) is 34.4 Å². The van der Waals surface area contributed by atoms with Gasteiger partial charge in [0.1, 0.15) is 5.76 Å². The second-order valence-electron chi connectivity index (χ2n) is 6.70. The molecule has 0 saturated carbocycles. The summed E-state index contributed by atoms with van der Waals surface area (Å²) in [5, 5.41) is 7.40. The highest BCUT2D eigenvalue weighted by Gasteiger charge is 2.16. The number of benzene rings is 1. The van der Waals surface area contributed by atoms with E-state index in [9.17, 15) is 4.79 Å². The van der Waals surface area contributed by atoms with E-state index in [0.29, 0.717) is 18.1 Å². The molecule has 2 heterocycles. The van der Waals surface area contributed by atoms with Gasteiger partial charge in [-0.3, -0.25) is 9.48 Å². The molecule has 0 unspecified atom stereocenters. The molecule has 0 bridgehead atoms. The summed E-state index contributed by atoms with van der Waals surface area (Å²) in [6, 6.07) is 9.66. The lowest BCUT2D eigenvalue weighted by molar-refractivity contribution is 0.0994. The van der Waals surface area contributed by atoms with E-state index in [1.54, 1.807) is 6.07 Å². The number of nitrogens with zero attached hydrogens (tertiary/aromatic N) is 2. The molecule has 26 heavy (non-hydrogen) atoms. The van der Waals surface area contributed by atoms with Crippen LogP contribution in [0.25, 0.3) is 0 Å². The zero-order valence-corrected chi connectivity index (χ0v) is 16.4. The van der Waals surface area contributed by atoms with Gasteiger partial charge in [-0.15, -0.1) is 0 Å². The summed E-state index contributed by atoms with van der Waals surface area (Å²) in [7, 11) is 0. The van der Waals surface area contributed by atoms with Crippen LogP contribution in [0.4, 0.5) is 5.69 Å². The van der Waals surface area contributed by atoms with Crippen molar-refractivity contribution in [1.29, 1.82) is 0 Å². The maximum atomic E-state index is 12.5. The molecule has 4 rings (SSSR count). The number of hydrogen-bond acceptors (Lipinski definition) is 3. The molecule has 0 spiro atoms. The molecule has 0 atom stereocenters. The van der Waals surface area contributed by atoms with Gasteiger partial charge in [-0.25, -0.2) is 0 Å². The Morgan fingerprint density at radius 3 is 2.81 bits per heavy atom. The fourth-order valence-electron chi connectivity index (χ4n) is 3.40. The van der Waals surface area contributed by atoms with Crippen LogP contribution in [0, 0.1) is 13.8 Å². The molecule has 0 radical (unpaired) electrons. The lowest BCUT2D eigenvalue weighted by Crippen LogP contribution is -2.11. The van der Waals surface area contributed by atoms with Gasteiger partial charge in [0.2, 0.25) is 0 Å². The summed E-state index contributed by atoms with van der Waals surface area (Å²) in [6.45, 7) is 4.43. The van der Waals surface area contributed by atoms with Crippen LogP contribution >= 0.6 is 15.9 Å². The summed E-state index contributed by atoms with van der Waals surface area (Å²) in [5.74, 6) is 0.770. The Balaban J connectivity index is 1.47. The van der Waals surface area contributed by atoms with E-state index >= 15 is 0 Å². The molecule has 1 aliphatic carbocycles. The zero-order valence-electron chi connectivity index (χ0n) is 14.8. The number of nitrogens with one attached hydrogen (secondary N) is 1. The Hall–Kier alpha value is -2.34. The van der Waals surface area contributed by atoms with Crippen molar-refractivity contribution >= 4 is 27.5 Å². The number of rotatable bonds is 4. The lowest BCUT2D eigenvalue weighted by Gasteiger charge is -2.06. The Bertz CT molecular complexity index is 987. The fourth-order valence-corrected chi connectivity index (χ4v) is 3.69. The molecule has 134 valence electrons. The number of aromatic nitrogens is 2. The molecule has 1 N–H and O–H groups in total. The van der Waals surface area contributed by atoms with Gasteiger partial charge in [-0.1, -0.05) is 6.07 Å². The first-order valence-corrected chi connectivity index (χ1v) is 9.52. The van der Waals surface area contributed by atoms with Gasteiger partial charge >= 0.3 is 0 Å². The quantitative estimate of drug-likeness (QED) is 0.677. The molecule has 0 saturated heterocycles. The summed E-state index contributed by atoms with van der Waals surface area (Å²) in [4.78, 5) is 12.5. The highest BCUT2D eigenvalue weighted by molar-refractivity contribution is 9.10. The molecule has 6 heteroatoms. The Morgan fingerprint density at radius 1 is 1.23 bits per heavy atom. The van der Waals surface area contributed by atoms with Crippen LogP contribution in [0.2, 0.25) is 0 Å². The molecule has 1 aromatic carbocycles. The van der Waals surface area contributed by atoms with Gasteiger partial charge in [0.15, 0.2) is 5.76 Å². The smallest absolute Gasteiger partial charge is 0.291 e. The van der Waals surface area contributed by atoms with Crippen molar-refractivity contribution in [3.63, 3.8) is 0 Å². The number of carbonyl (C=O) groups is 1. The Kier molecular flexibility index (Phi) is 4.44. The Morgan fingerprint density at radius 2 is 2.04 bits per heavy atom. The number of halogens is 1. The maximum Gasteiger partial charge on any atom is 0.291 e. The Labute approximate surface area is 160 Å². The number of fused-ring (bicyclic) bond motifs is 1. The number of carbonyl (C=O) groups excluding carboxylic acids is 1. The molecule has 5 nitrogen and oxygen atoms in total. The zero-order chi connectivity index (χ0) is 18.3. The largest absolute Gasteiger partial charge is 0.454 e. The minimum Gasteiger partial charge on any atom is -0.454 e. The van der Waals surface area contributed by atoms with E-state index in [1.807, 2.05) is 30.7 Å². The van der Waals surface area contributed by atoms with Crippen LogP contribution in [0.3, 0.4) is 0 Å². The minimum atomic E-state index is -0.233. The van der Waals surface area contributed by atoms with E-state index in [1.165, 1.54) is 17.5 Å². The van der Waals surface area contributed by atoms with E-state index in [-0.39, 0.29) is 5.91 Å². The van der Waals surface area contributed by atoms with Crippen LogP contribution in [0.5, 0.6) is 0 Å². The van der Waals surface area contributed by atoms with Crippen LogP contribution in [-0.4, -0.2) is 15.7 Å². The molecule has 0 fully saturated rings.